The number of aryl methyl sites for hydroxylation is 2. The Morgan fingerprint density at radius 2 is 1.95 bits per heavy atom. The van der Waals surface area contributed by atoms with Crippen LogP contribution in [0, 0.1) is 19.9 Å². The summed E-state index contributed by atoms with van der Waals surface area (Å²) in [4.78, 5) is 0. The Morgan fingerprint density at radius 3 is 2.50 bits per heavy atom. The topological polar surface area (TPSA) is 4.93 Å². The van der Waals surface area contributed by atoms with Gasteiger partial charge in [-0.3, -0.25) is 6.08 Å². The smallest absolute Gasteiger partial charge is 0.339 e. The Labute approximate surface area is 151 Å². The molecule has 0 aliphatic heterocycles. The van der Waals surface area contributed by atoms with Gasteiger partial charge in [0, 0.05) is 11.9 Å². The maximum atomic E-state index is 2.99. The van der Waals surface area contributed by atoms with Gasteiger partial charge in [-0.2, -0.15) is 6.08 Å². The van der Waals surface area contributed by atoms with E-state index in [9.17, 15) is 0 Å². The predicted molar refractivity (Wildman–Crippen MR) is 89.9 cm³/mol. The minimum atomic E-state index is 0. The Balaban J connectivity index is 0.000000253. The molecule has 1 aromatic heterocycles. The molecule has 0 amide bonds. The summed E-state index contributed by atoms with van der Waals surface area (Å²) in [6, 6.07) is 15.2. The van der Waals surface area contributed by atoms with E-state index in [0.717, 1.165) is 6.42 Å². The number of allylic oxidation sites excluding steroid dienone is 4. The van der Waals surface area contributed by atoms with Gasteiger partial charge >= 0.3 is 26.2 Å². The molecule has 0 radical (unpaired) electrons. The molecule has 1 nitrogen and oxygen atoms in total. The number of nitrogens with zero attached hydrogens (tertiary/aromatic N) is 1. The van der Waals surface area contributed by atoms with Gasteiger partial charge in [0.2, 0.25) is 0 Å². The summed E-state index contributed by atoms with van der Waals surface area (Å²) in [6.45, 7) is 4.27. The summed E-state index contributed by atoms with van der Waals surface area (Å²) in [5.74, 6) is 0. The molecule has 0 saturated carbocycles. The maximum absolute atomic E-state index is 2.99. The Kier molecular flexibility index (Phi) is 5.85. The summed E-state index contributed by atoms with van der Waals surface area (Å²) in [6.07, 6.45) is 12.2. The van der Waals surface area contributed by atoms with Gasteiger partial charge in [-0.15, -0.1) is 47.5 Å². The third-order valence-electron chi connectivity index (χ3n) is 3.62. The van der Waals surface area contributed by atoms with E-state index >= 15 is 0 Å². The molecule has 0 bridgehead atoms. The largest absolute Gasteiger partial charge is 2.00 e. The zero-order valence-electron chi connectivity index (χ0n) is 13.0. The van der Waals surface area contributed by atoms with Crippen LogP contribution in [-0.4, -0.2) is 4.57 Å². The number of benzene rings is 1. The van der Waals surface area contributed by atoms with E-state index in [1.165, 1.54) is 27.7 Å². The first-order valence-electron chi connectivity index (χ1n) is 7.27. The van der Waals surface area contributed by atoms with Crippen LogP contribution in [-0.2, 0) is 26.2 Å². The summed E-state index contributed by atoms with van der Waals surface area (Å²) < 4.78 is 2.25. The molecule has 1 aliphatic carbocycles. The van der Waals surface area contributed by atoms with Gasteiger partial charge in [-0.05, 0) is 31.2 Å². The van der Waals surface area contributed by atoms with E-state index < -0.39 is 0 Å². The maximum Gasteiger partial charge on any atom is 2.00 e. The number of fused-ring (bicyclic) bond motifs is 1. The molecule has 0 unspecified atom stereocenters. The van der Waals surface area contributed by atoms with Crippen molar-refractivity contribution in [2.24, 2.45) is 0 Å². The normalized spacial score (nSPS) is 12.1. The van der Waals surface area contributed by atoms with Crippen LogP contribution < -0.4 is 0 Å². The van der Waals surface area contributed by atoms with Crippen LogP contribution >= 0.6 is 0 Å². The van der Waals surface area contributed by atoms with Crippen LogP contribution in [0.1, 0.15) is 17.7 Å². The standard InChI is InChI=1S/C15H14N.C5H5.Zr/c1-11-7-12(2)16(10-11)15-8-13-5-3-4-6-14(13)9-15;1-2-4-5-3-1;/h3-10H,1-2H3;1-3H,4H2;/q2*-1;+2. The van der Waals surface area contributed by atoms with Crippen molar-refractivity contribution in [2.75, 3.05) is 0 Å². The van der Waals surface area contributed by atoms with Crippen molar-refractivity contribution >= 4 is 10.8 Å². The predicted octanol–water partition coefficient (Wildman–Crippen LogP) is 5.27. The van der Waals surface area contributed by atoms with Gasteiger partial charge in [0.1, 0.15) is 0 Å². The summed E-state index contributed by atoms with van der Waals surface area (Å²) >= 11 is 0. The van der Waals surface area contributed by atoms with Crippen molar-refractivity contribution in [1.82, 2.24) is 4.57 Å². The molecule has 0 saturated heterocycles. The van der Waals surface area contributed by atoms with Crippen LogP contribution in [0.4, 0.5) is 0 Å². The molecule has 1 heterocycles. The number of aromatic nitrogens is 1. The van der Waals surface area contributed by atoms with Crippen LogP contribution in [0.2, 0.25) is 0 Å². The van der Waals surface area contributed by atoms with E-state index in [1.54, 1.807) is 0 Å². The monoisotopic (exact) mass is 363 g/mol. The van der Waals surface area contributed by atoms with E-state index in [0.29, 0.717) is 0 Å². The third kappa shape index (κ3) is 3.81. The Bertz CT molecular complexity index is 759. The molecule has 2 aromatic carbocycles. The fraction of sp³-hybridized carbons (Fsp3) is 0.150. The second-order valence-corrected chi connectivity index (χ2v) is 5.37. The van der Waals surface area contributed by atoms with Crippen LogP contribution in [0.5, 0.6) is 0 Å². The van der Waals surface area contributed by atoms with E-state index in [2.05, 4.69) is 79.2 Å². The SMILES string of the molecule is Cc1cc(C)n(-c2cc3ccccc3[cH-]2)c1.[C-]1=CC=CC1.[Zr+2]. The summed E-state index contributed by atoms with van der Waals surface area (Å²) in [5, 5.41) is 2.62. The molecule has 0 spiro atoms. The second-order valence-electron chi connectivity index (χ2n) is 5.37. The average molecular weight is 365 g/mol. The van der Waals surface area contributed by atoms with Gasteiger partial charge in [-0.1, -0.05) is 6.07 Å². The first-order chi connectivity index (χ1) is 10.2. The van der Waals surface area contributed by atoms with Crippen LogP contribution in [0.25, 0.3) is 16.5 Å². The average Bonchev–Trinajstić information content (AvgIpc) is 3.19. The third-order valence-corrected chi connectivity index (χ3v) is 3.62. The molecule has 1 aliphatic rings. The van der Waals surface area contributed by atoms with Crippen LogP contribution in [0.15, 0.2) is 66.9 Å². The fourth-order valence-electron chi connectivity index (χ4n) is 2.63. The van der Waals surface area contributed by atoms with Crippen LogP contribution in [0.3, 0.4) is 0 Å². The molecule has 0 atom stereocenters. The van der Waals surface area contributed by atoms with Crippen molar-refractivity contribution in [3.63, 3.8) is 0 Å². The minimum absolute atomic E-state index is 0. The molecule has 108 valence electrons. The molecule has 0 N–H and O–H groups in total. The zero-order chi connectivity index (χ0) is 14.7. The van der Waals surface area contributed by atoms with Crippen molar-refractivity contribution in [3.05, 3.63) is 84.2 Å². The molecule has 2 heteroatoms. The number of rotatable bonds is 1. The second kappa shape index (κ2) is 7.65. The molecule has 3 aromatic rings. The molecule has 4 rings (SSSR count). The molecule has 0 fully saturated rings. The van der Waals surface area contributed by atoms with Gasteiger partial charge in [0.25, 0.3) is 0 Å². The quantitative estimate of drug-likeness (QED) is 0.518. The molecular formula is C20H19NZr. The van der Waals surface area contributed by atoms with E-state index in [1.807, 2.05) is 12.2 Å². The Morgan fingerprint density at radius 1 is 1.14 bits per heavy atom. The van der Waals surface area contributed by atoms with Gasteiger partial charge < -0.3 is 4.57 Å². The van der Waals surface area contributed by atoms with E-state index in [4.69, 9.17) is 0 Å². The fourth-order valence-corrected chi connectivity index (χ4v) is 2.63. The molecule has 22 heavy (non-hydrogen) atoms. The number of hydrogen-bond donors (Lipinski definition) is 0. The van der Waals surface area contributed by atoms with Crippen molar-refractivity contribution in [1.29, 1.82) is 0 Å². The number of hydrogen-bond acceptors (Lipinski definition) is 0. The summed E-state index contributed by atoms with van der Waals surface area (Å²) in [5.41, 5.74) is 3.85. The Hall–Kier alpha value is -1.53. The van der Waals surface area contributed by atoms with Gasteiger partial charge in [0.15, 0.2) is 0 Å². The van der Waals surface area contributed by atoms with E-state index in [-0.39, 0.29) is 26.2 Å². The van der Waals surface area contributed by atoms with Gasteiger partial charge in [-0.25, -0.2) is 12.2 Å². The first kappa shape index (κ1) is 16.8. The zero-order valence-corrected chi connectivity index (χ0v) is 15.5. The van der Waals surface area contributed by atoms with Gasteiger partial charge in [0.05, 0.1) is 0 Å². The van der Waals surface area contributed by atoms with Crippen molar-refractivity contribution in [3.8, 4) is 5.69 Å². The summed E-state index contributed by atoms with van der Waals surface area (Å²) in [7, 11) is 0. The van der Waals surface area contributed by atoms with Crippen molar-refractivity contribution in [2.45, 2.75) is 20.3 Å². The minimum Gasteiger partial charge on any atom is -0.339 e. The van der Waals surface area contributed by atoms with Crippen molar-refractivity contribution < 1.29 is 26.2 Å². The first-order valence-corrected chi connectivity index (χ1v) is 7.27. The molecular weight excluding hydrogens is 345 g/mol.